The molecule has 0 radical (unpaired) electrons. The van der Waals surface area contributed by atoms with E-state index in [1.807, 2.05) is 36.4 Å². The number of fused-ring (bicyclic) bond motifs is 1. The molecule has 0 bridgehead atoms. The van der Waals surface area contributed by atoms with Crippen LogP contribution in [-0.4, -0.2) is 17.1 Å². The van der Waals surface area contributed by atoms with Gasteiger partial charge in [0.1, 0.15) is 5.75 Å². The van der Waals surface area contributed by atoms with Crippen LogP contribution in [0.3, 0.4) is 0 Å². The number of hydrogen-bond acceptors (Lipinski definition) is 4. The zero-order chi connectivity index (χ0) is 14.7. The van der Waals surface area contributed by atoms with Crippen molar-refractivity contribution in [3.63, 3.8) is 0 Å². The van der Waals surface area contributed by atoms with Crippen LogP contribution in [0.2, 0.25) is 0 Å². The van der Waals surface area contributed by atoms with Crippen LogP contribution in [-0.2, 0) is 5.75 Å². The molecule has 3 aromatic rings. The Kier molecular flexibility index (Phi) is 3.80. The summed E-state index contributed by atoms with van der Waals surface area (Å²) in [5.41, 5.74) is 3.61. The average molecular weight is 295 g/mol. The molecule has 21 heavy (non-hydrogen) atoms. The highest BCUT2D eigenvalue weighted by Crippen LogP contribution is 2.28. The molecule has 2 aromatic carbocycles. The number of ether oxygens (including phenoxy) is 1. The molecule has 1 aromatic heterocycles. The number of para-hydroxylation sites is 2. The summed E-state index contributed by atoms with van der Waals surface area (Å²) in [6, 6.07) is 15.5. The number of benzene rings is 2. The second-order valence-corrected chi connectivity index (χ2v) is 5.45. The van der Waals surface area contributed by atoms with Crippen LogP contribution >= 0.6 is 11.8 Å². The van der Waals surface area contributed by atoms with Gasteiger partial charge in [0.2, 0.25) is 0 Å². The van der Waals surface area contributed by atoms with E-state index in [-0.39, 0.29) is 0 Å². The van der Waals surface area contributed by atoms with E-state index in [9.17, 15) is 0 Å². The zero-order valence-corrected chi connectivity index (χ0v) is 12.3. The van der Waals surface area contributed by atoms with E-state index in [1.165, 1.54) is 0 Å². The van der Waals surface area contributed by atoms with E-state index in [2.05, 4.69) is 16.0 Å². The second kappa shape index (κ2) is 5.90. The summed E-state index contributed by atoms with van der Waals surface area (Å²) in [6.07, 6.45) is 0. The molecule has 4 nitrogen and oxygen atoms in total. The Morgan fingerprint density at radius 3 is 2.90 bits per heavy atom. The normalized spacial score (nSPS) is 10.5. The van der Waals surface area contributed by atoms with E-state index in [4.69, 9.17) is 10.00 Å². The van der Waals surface area contributed by atoms with Gasteiger partial charge in [0.05, 0.1) is 29.8 Å². The molecule has 0 amide bonds. The first kappa shape index (κ1) is 13.5. The number of aromatic amines is 1. The number of thioether (sulfide) groups is 1. The number of imidazole rings is 1. The minimum Gasteiger partial charge on any atom is -0.496 e. The van der Waals surface area contributed by atoms with Crippen LogP contribution in [0.5, 0.6) is 5.75 Å². The highest BCUT2D eigenvalue weighted by molar-refractivity contribution is 7.98. The van der Waals surface area contributed by atoms with Crippen LogP contribution in [0.1, 0.15) is 11.1 Å². The van der Waals surface area contributed by atoms with Gasteiger partial charge in [-0.3, -0.25) is 0 Å². The molecule has 0 saturated heterocycles. The van der Waals surface area contributed by atoms with Crippen LogP contribution in [0.25, 0.3) is 11.0 Å². The third-order valence-electron chi connectivity index (χ3n) is 3.14. The van der Waals surface area contributed by atoms with E-state index in [0.717, 1.165) is 27.5 Å². The number of aromatic nitrogens is 2. The molecule has 1 N–H and O–H groups in total. The van der Waals surface area contributed by atoms with Crippen LogP contribution < -0.4 is 4.74 Å². The van der Waals surface area contributed by atoms with E-state index < -0.39 is 0 Å². The zero-order valence-electron chi connectivity index (χ0n) is 11.5. The van der Waals surface area contributed by atoms with Crippen molar-refractivity contribution in [1.29, 1.82) is 5.26 Å². The van der Waals surface area contributed by atoms with E-state index >= 15 is 0 Å². The van der Waals surface area contributed by atoms with Gasteiger partial charge in [-0.15, -0.1) is 0 Å². The Balaban J connectivity index is 1.82. The fourth-order valence-corrected chi connectivity index (χ4v) is 2.97. The van der Waals surface area contributed by atoms with Crippen LogP contribution in [0.4, 0.5) is 0 Å². The number of nitriles is 1. The lowest BCUT2D eigenvalue weighted by Crippen LogP contribution is -1.92. The summed E-state index contributed by atoms with van der Waals surface area (Å²) >= 11 is 1.59. The summed E-state index contributed by atoms with van der Waals surface area (Å²) in [5, 5.41) is 9.85. The lowest BCUT2D eigenvalue weighted by molar-refractivity contribution is 0.411. The molecule has 0 spiro atoms. The van der Waals surface area contributed by atoms with Gasteiger partial charge in [0.15, 0.2) is 5.16 Å². The van der Waals surface area contributed by atoms with Crippen molar-refractivity contribution < 1.29 is 4.74 Å². The summed E-state index contributed by atoms with van der Waals surface area (Å²) in [4.78, 5) is 7.81. The molecular weight excluding hydrogens is 282 g/mol. The predicted molar refractivity (Wildman–Crippen MR) is 83.4 cm³/mol. The molecule has 0 atom stereocenters. The molecule has 1 heterocycles. The van der Waals surface area contributed by atoms with Gasteiger partial charge in [-0.2, -0.15) is 5.26 Å². The van der Waals surface area contributed by atoms with Crippen LogP contribution in [0.15, 0.2) is 47.6 Å². The van der Waals surface area contributed by atoms with Crippen molar-refractivity contribution in [2.24, 2.45) is 0 Å². The summed E-state index contributed by atoms with van der Waals surface area (Å²) in [7, 11) is 1.64. The minimum atomic E-state index is 0.635. The number of H-pyrrole nitrogens is 1. The lowest BCUT2D eigenvalue weighted by atomic mass is 10.1. The second-order valence-electron chi connectivity index (χ2n) is 4.49. The maximum Gasteiger partial charge on any atom is 0.166 e. The maximum atomic E-state index is 8.99. The number of nitrogens with one attached hydrogen (secondary N) is 1. The fourth-order valence-electron chi connectivity index (χ4n) is 2.10. The van der Waals surface area contributed by atoms with Gasteiger partial charge >= 0.3 is 0 Å². The third-order valence-corrected chi connectivity index (χ3v) is 4.06. The standard InChI is InChI=1S/C16H13N3OS/c1-20-15-7-6-11(9-17)8-12(15)10-21-16-18-13-4-2-3-5-14(13)19-16/h2-8H,10H2,1H3,(H,18,19). The molecular formula is C16H13N3OS. The highest BCUT2D eigenvalue weighted by atomic mass is 32.2. The van der Waals surface area contributed by atoms with Crippen LogP contribution in [0, 0.1) is 11.3 Å². The number of hydrogen-bond donors (Lipinski definition) is 1. The smallest absolute Gasteiger partial charge is 0.166 e. The first-order valence-corrected chi connectivity index (χ1v) is 7.43. The van der Waals surface area contributed by atoms with Gasteiger partial charge in [0.25, 0.3) is 0 Å². The Morgan fingerprint density at radius 2 is 2.14 bits per heavy atom. The molecule has 0 unspecified atom stereocenters. The van der Waals surface area contributed by atoms with Crippen molar-refractivity contribution in [2.45, 2.75) is 10.9 Å². The van der Waals surface area contributed by atoms with E-state index in [1.54, 1.807) is 24.9 Å². The molecule has 104 valence electrons. The molecule has 0 aliphatic heterocycles. The summed E-state index contributed by atoms with van der Waals surface area (Å²) in [6.45, 7) is 0. The molecule has 3 rings (SSSR count). The van der Waals surface area contributed by atoms with Gasteiger partial charge < -0.3 is 9.72 Å². The summed E-state index contributed by atoms with van der Waals surface area (Å²) in [5.74, 6) is 1.48. The Morgan fingerprint density at radius 1 is 1.29 bits per heavy atom. The highest BCUT2D eigenvalue weighted by Gasteiger charge is 2.08. The first-order valence-electron chi connectivity index (χ1n) is 6.44. The van der Waals surface area contributed by atoms with Gasteiger partial charge in [-0.25, -0.2) is 4.98 Å². The molecule has 0 aliphatic rings. The summed E-state index contributed by atoms with van der Waals surface area (Å²) < 4.78 is 5.34. The Bertz CT molecular complexity index is 787. The SMILES string of the molecule is COc1ccc(C#N)cc1CSc1nc2ccccc2[nH]1. The first-order chi connectivity index (χ1) is 10.3. The minimum absolute atomic E-state index is 0.635. The van der Waals surface area contributed by atoms with Crippen molar-refractivity contribution in [2.75, 3.05) is 7.11 Å². The average Bonchev–Trinajstić information content (AvgIpc) is 2.95. The van der Waals surface area contributed by atoms with Crippen molar-refractivity contribution in [3.8, 4) is 11.8 Å². The Hall–Kier alpha value is -2.45. The predicted octanol–water partition coefficient (Wildman–Crippen LogP) is 3.74. The van der Waals surface area contributed by atoms with Crippen molar-refractivity contribution in [3.05, 3.63) is 53.6 Å². The largest absolute Gasteiger partial charge is 0.496 e. The maximum absolute atomic E-state index is 8.99. The molecule has 5 heteroatoms. The number of rotatable bonds is 4. The van der Waals surface area contributed by atoms with Crippen molar-refractivity contribution >= 4 is 22.8 Å². The fraction of sp³-hybridized carbons (Fsp3) is 0.125. The van der Waals surface area contributed by atoms with Crippen molar-refractivity contribution in [1.82, 2.24) is 9.97 Å². The van der Waals surface area contributed by atoms with E-state index in [0.29, 0.717) is 11.3 Å². The molecule has 0 fully saturated rings. The quantitative estimate of drug-likeness (QED) is 0.745. The number of nitrogens with zero attached hydrogens (tertiary/aromatic N) is 2. The topological polar surface area (TPSA) is 61.7 Å². The van der Waals surface area contributed by atoms with Gasteiger partial charge in [0, 0.05) is 11.3 Å². The van der Waals surface area contributed by atoms with Gasteiger partial charge in [-0.05, 0) is 30.3 Å². The monoisotopic (exact) mass is 295 g/mol. The Labute approximate surface area is 126 Å². The van der Waals surface area contributed by atoms with Gasteiger partial charge in [-0.1, -0.05) is 23.9 Å². The lowest BCUT2D eigenvalue weighted by Gasteiger charge is -2.07. The third kappa shape index (κ3) is 2.86. The molecule has 0 saturated carbocycles. The molecule has 0 aliphatic carbocycles. The number of methoxy groups -OCH3 is 1.